The van der Waals surface area contributed by atoms with E-state index in [0.29, 0.717) is 22.6 Å². The van der Waals surface area contributed by atoms with Gasteiger partial charge in [-0.05, 0) is 34.7 Å². The lowest BCUT2D eigenvalue weighted by molar-refractivity contribution is 0.102. The average molecular weight is 347 g/mol. The zero-order valence-electron chi connectivity index (χ0n) is 13.7. The molecule has 4 rings (SSSR count). The van der Waals surface area contributed by atoms with Crippen molar-refractivity contribution < 1.29 is 9.53 Å². The van der Waals surface area contributed by atoms with Gasteiger partial charge >= 0.3 is 0 Å². The summed E-state index contributed by atoms with van der Waals surface area (Å²) in [5.41, 5.74) is 2.81. The third kappa shape index (κ3) is 2.93. The predicted molar refractivity (Wildman–Crippen MR) is 93.2 cm³/mol. The van der Waals surface area contributed by atoms with Gasteiger partial charge in [0.1, 0.15) is 17.8 Å². The molecule has 9 nitrogen and oxygen atoms in total. The van der Waals surface area contributed by atoms with Gasteiger partial charge in [0.2, 0.25) is 0 Å². The molecule has 0 atom stereocenters. The van der Waals surface area contributed by atoms with E-state index in [0.717, 1.165) is 5.52 Å². The molecule has 2 heterocycles. The van der Waals surface area contributed by atoms with Crippen LogP contribution in [0.3, 0.4) is 0 Å². The van der Waals surface area contributed by atoms with Crippen LogP contribution < -0.4 is 10.1 Å². The van der Waals surface area contributed by atoms with Crippen molar-refractivity contribution in [1.82, 2.24) is 30.2 Å². The molecule has 0 radical (unpaired) electrons. The molecule has 2 aromatic heterocycles. The summed E-state index contributed by atoms with van der Waals surface area (Å²) in [6.07, 6.45) is 2.91. The molecule has 1 N–H and O–H groups in total. The number of carbonyl (C=O) groups is 1. The van der Waals surface area contributed by atoms with Crippen LogP contribution in [0.25, 0.3) is 16.7 Å². The quantitative estimate of drug-likeness (QED) is 0.600. The second-order valence-corrected chi connectivity index (χ2v) is 5.34. The van der Waals surface area contributed by atoms with Crippen molar-refractivity contribution in [1.29, 1.82) is 0 Å². The van der Waals surface area contributed by atoms with E-state index in [4.69, 9.17) is 4.74 Å². The summed E-state index contributed by atoms with van der Waals surface area (Å²) >= 11 is 0. The number of benzene rings is 2. The van der Waals surface area contributed by atoms with E-state index in [1.165, 1.54) is 24.3 Å². The first kappa shape index (κ1) is 15.6. The summed E-state index contributed by atoms with van der Waals surface area (Å²) in [6, 6.07) is 12.6. The lowest BCUT2D eigenvalue weighted by Crippen LogP contribution is -2.15. The number of methoxy groups -OCH3 is 1. The van der Waals surface area contributed by atoms with E-state index in [1.807, 2.05) is 18.2 Å². The van der Waals surface area contributed by atoms with E-state index in [2.05, 4.69) is 30.8 Å². The SMILES string of the molecule is COc1cc(-n2cnnn2)ccc1NC(=O)c1cnc2ccccc2n1. The molecule has 0 aliphatic heterocycles. The van der Waals surface area contributed by atoms with Gasteiger partial charge in [-0.3, -0.25) is 9.78 Å². The minimum atomic E-state index is -0.378. The number of hydrogen-bond donors (Lipinski definition) is 1. The second kappa shape index (κ2) is 6.55. The molecule has 128 valence electrons. The number of hydrogen-bond acceptors (Lipinski definition) is 7. The number of nitrogens with zero attached hydrogens (tertiary/aromatic N) is 6. The molecule has 9 heteroatoms. The Morgan fingerprint density at radius 2 is 2.00 bits per heavy atom. The smallest absolute Gasteiger partial charge is 0.275 e. The van der Waals surface area contributed by atoms with Gasteiger partial charge in [0, 0.05) is 6.07 Å². The highest BCUT2D eigenvalue weighted by Crippen LogP contribution is 2.27. The maximum Gasteiger partial charge on any atom is 0.275 e. The third-order valence-corrected chi connectivity index (χ3v) is 3.73. The maximum absolute atomic E-state index is 12.5. The van der Waals surface area contributed by atoms with Crippen LogP contribution in [0.4, 0.5) is 5.69 Å². The summed E-state index contributed by atoms with van der Waals surface area (Å²) in [5.74, 6) is 0.0943. The molecule has 1 amide bonds. The Kier molecular flexibility index (Phi) is 3.94. The van der Waals surface area contributed by atoms with Crippen molar-refractivity contribution in [3.63, 3.8) is 0 Å². The average Bonchev–Trinajstić information content (AvgIpc) is 3.22. The number of amides is 1. The Labute approximate surface area is 147 Å². The third-order valence-electron chi connectivity index (χ3n) is 3.73. The number of fused-ring (bicyclic) bond motifs is 1. The summed E-state index contributed by atoms with van der Waals surface area (Å²) in [7, 11) is 1.52. The number of rotatable bonds is 4. The van der Waals surface area contributed by atoms with E-state index < -0.39 is 0 Å². The first-order valence-electron chi connectivity index (χ1n) is 7.69. The minimum absolute atomic E-state index is 0.218. The van der Waals surface area contributed by atoms with Crippen molar-refractivity contribution in [3.8, 4) is 11.4 Å². The van der Waals surface area contributed by atoms with Crippen molar-refractivity contribution in [3.05, 3.63) is 60.7 Å². The first-order valence-corrected chi connectivity index (χ1v) is 7.69. The van der Waals surface area contributed by atoms with Gasteiger partial charge in [-0.15, -0.1) is 5.10 Å². The number of carbonyl (C=O) groups excluding carboxylic acids is 1. The molecule has 2 aromatic carbocycles. The molecular weight excluding hydrogens is 334 g/mol. The van der Waals surface area contributed by atoms with Crippen molar-refractivity contribution in [2.45, 2.75) is 0 Å². The Hall–Kier alpha value is -3.88. The van der Waals surface area contributed by atoms with Crippen LogP contribution in [0.2, 0.25) is 0 Å². The lowest BCUT2D eigenvalue weighted by Gasteiger charge is -2.11. The fourth-order valence-electron chi connectivity index (χ4n) is 2.46. The summed E-state index contributed by atoms with van der Waals surface area (Å²) in [6.45, 7) is 0. The maximum atomic E-state index is 12.5. The number of ether oxygens (including phenoxy) is 1. The van der Waals surface area contributed by atoms with Crippen LogP contribution in [-0.2, 0) is 0 Å². The lowest BCUT2D eigenvalue weighted by atomic mass is 10.2. The van der Waals surface area contributed by atoms with E-state index >= 15 is 0 Å². The van der Waals surface area contributed by atoms with Crippen LogP contribution in [-0.4, -0.2) is 43.2 Å². The first-order chi connectivity index (χ1) is 12.7. The minimum Gasteiger partial charge on any atom is -0.494 e. The topological polar surface area (TPSA) is 108 Å². The molecular formula is C17H13N7O2. The van der Waals surface area contributed by atoms with Gasteiger partial charge in [-0.1, -0.05) is 12.1 Å². The highest BCUT2D eigenvalue weighted by Gasteiger charge is 2.13. The zero-order valence-corrected chi connectivity index (χ0v) is 13.7. The Bertz CT molecular complexity index is 1080. The van der Waals surface area contributed by atoms with E-state index in [1.54, 1.807) is 24.3 Å². The monoisotopic (exact) mass is 347 g/mol. The largest absolute Gasteiger partial charge is 0.494 e. The Morgan fingerprint density at radius 1 is 1.15 bits per heavy atom. The van der Waals surface area contributed by atoms with Gasteiger partial charge in [0.25, 0.3) is 5.91 Å². The molecule has 0 aliphatic rings. The van der Waals surface area contributed by atoms with Crippen LogP contribution >= 0.6 is 0 Å². The molecule has 0 fully saturated rings. The molecule has 0 unspecified atom stereocenters. The second-order valence-electron chi connectivity index (χ2n) is 5.34. The fourth-order valence-corrected chi connectivity index (χ4v) is 2.46. The molecule has 0 saturated carbocycles. The molecule has 26 heavy (non-hydrogen) atoms. The number of tetrazole rings is 1. The van der Waals surface area contributed by atoms with Crippen LogP contribution in [0.1, 0.15) is 10.5 Å². The highest BCUT2D eigenvalue weighted by atomic mass is 16.5. The zero-order chi connectivity index (χ0) is 17.9. The number of nitrogens with one attached hydrogen (secondary N) is 1. The van der Waals surface area contributed by atoms with Gasteiger partial charge < -0.3 is 10.1 Å². The summed E-state index contributed by atoms with van der Waals surface area (Å²) in [5, 5.41) is 13.8. The number of aromatic nitrogens is 6. The van der Waals surface area contributed by atoms with E-state index in [9.17, 15) is 4.79 Å². The van der Waals surface area contributed by atoms with Crippen LogP contribution in [0.5, 0.6) is 5.75 Å². The van der Waals surface area contributed by atoms with E-state index in [-0.39, 0.29) is 11.6 Å². The Balaban J connectivity index is 1.62. The fraction of sp³-hybridized carbons (Fsp3) is 0.0588. The molecule has 0 aliphatic carbocycles. The van der Waals surface area contributed by atoms with Gasteiger partial charge in [0.15, 0.2) is 0 Å². The number of anilines is 1. The van der Waals surface area contributed by atoms with Crippen LogP contribution in [0, 0.1) is 0 Å². The van der Waals surface area contributed by atoms with Crippen molar-refractivity contribution in [2.75, 3.05) is 12.4 Å². The van der Waals surface area contributed by atoms with Crippen molar-refractivity contribution >= 4 is 22.6 Å². The molecule has 0 spiro atoms. The summed E-state index contributed by atoms with van der Waals surface area (Å²) in [4.78, 5) is 21.1. The number of para-hydroxylation sites is 2. The normalized spacial score (nSPS) is 10.7. The molecule has 4 aromatic rings. The molecule has 0 saturated heterocycles. The van der Waals surface area contributed by atoms with Gasteiger partial charge in [0.05, 0.1) is 35.7 Å². The summed E-state index contributed by atoms with van der Waals surface area (Å²) < 4.78 is 6.85. The van der Waals surface area contributed by atoms with Gasteiger partial charge in [-0.25, -0.2) is 9.67 Å². The Morgan fingerprint density at radius 3 is 2.77 bits per heavy atom. The predicted octanol–water partition coefficient (Wildman–Crippen LogP) is 1.87. The molecule has 0 bridgehead atoms. The van der Waals surface area contributed by atoms with Gasteiger partial charge in [-0.2, -0.15) is 0 Å². The van der Waals surface area contributed by atoms with Crippen molar-refractivity contribution in [2.24, 2.45) is 0 Å². The standard InChI is InChI=1S/C17H13N7O2/c1-26-16-8-11(24-10-19-22-23-24)6-7-14(16)21-17(25)15-9-18-12-4-2-3-5-13(12)20-15/h2-10H,1H3,(H,21,25). The van der Waals surface area contributed by atoms with Crippen LogP contribution in [0.15, 0.2) is 55.0 Å². The highest BCUT2D eigenvalue weighted by molar-refractivity contribution is 6.04.